The van der Waals surface area contributed by atoms with E-state index in [0.717, 1.165) is 51.1 Å². The summed E-state index contributed by atoms with van der Waals surface area (Å²) in [6, 6.07) is 11.5. The van der Waals surface area contributed by atoms with E-state index in [2.05, 4.69) is 4.98 Å². The number of halogens is 3. The molecule has 0 bridgehead atoms. The minimum Gasteiger partial charge on any atom is -0.376 e. The zero-order chi connectivity index (χ0) is 22.2. The Hall–Kier alpha value is -2.41. The highest BCUT2D eigenvalue weighted by molar-refractivity contribution is 5.95. The summed E-state index contributed by atoms with van der Waals surface area (Å²) in [7, 11) is 0. The van der Waals surface area contributed by atoms with Crippen LogP contribution in [0.5, 0.6) is 0 Å². The Balaban J connectivity index is 1.46. The van der Waals surface area contributed by atoms with E-state index in [1.165, 1.54) is 24.3 Å². The topological polar surface area (TPSA) is 53.4 Å². The second kappa shape index (κ2) is 8.26. The zero-order valence-electron chi connectivity index (χ0n) is 17.5. The summed E-state index contributed by atoms with van der Waals surface area (Å²) in [5, 5.41) is 9.86. The third-order valence-electron chi connectivity index (χ3n) is 6.62. The van der Waals surface area contributed by atoms with Crippen molar-refractivity contribution >= 4 is 5.91 Å². The summed E-state index contributed by atoms with van der Waals surface area (Å²) < 4.78 is 39.3. The maximum absolute atomic E-state index is 13.3. The predicted octanol–water partition coefficient (Wildman–Crippen LogP) is 5.18. The number of hydrogen-bond donors (Lipinski definition) is 1. The molecule has 31 heavy (non-hydrogen) atoms. The molecule has 0 spiro atoms. The van der Waals surface area contributed by atoms with Gasteiger partial charge in [0.1, 0.15) is 0 Å². The monoisotopic (exact) mass is 432 g/mol. The summed E-state index contributed by atoms with van der Waals surface area (Å²) in [6.07, 6.45) is 2.66. The first-order chi connectivity index (χ1) is 14.7. The molecule has 166 valence electrons. The van der Waals surface area contributed by atoms with Gasteiger partial charge in [0.2, 0.25) is 0 Å². The number of aromatic nitrogens is 1. The average molecular weight is 432 g/mol. The van der Waals surface area contributed by atoms with Crippen molar-refractivity contribution in [2.75, 3.05) is 0 Å². The van der Waals surface area contributed by atoms with Gasteiger partial charge in [-0.25, -0.2) is 0 Å². The lowest BCUT2D eigenvalue weighted by Crippen LogP contribution is -2.44. The number of alkyl halides is 3. The Morgan fingerprint density at radius 2 is 1.55 bits per heavy atom. The van der Waals surface area contributed by atoms with Crippen LogP contribution in [0.15, 0.2) is 48.7 Å². The molecule has 2 aliphatic carbocycles. The number of rotatable bonds is 5. The number of carbonyl (C=O) groups excluding carboxylic acids is 1. The second-order valence-electron chi connectivity index (χ2n) is 8.85. The summed E-state index contributed by atoms with van der Waals surface area (Å²) in [5.74, 6) is 0.263. The van der Waals surface area contributed by atoms with Gasteiger partial charge < -0.3 is 10.0 Å². The van der Waals surface area contributed by atoms with Gasteiger partial charge in [-0.3, -0.25) is 9.78 Å². The van der Waals surface area contributed by atoms with E-state index in [4.69, 9.17) is 0 Å². The lowest BCUT2D eigenvalue weighted by atomic mass is 9.83. The Labute approximate surface area is 180 Å². The number of amides is 1. The van der Waals surface area contributed by atoms with Crippen molar-refractivity contribution in [1.29, 1.82) is 0 Å². The van der Waals surface area contributed by atoms with Crippen LogP contribution in [0.25, 0.3) is 0 Å². The van der Waals surface area contributed by atoms with Gasteiger partial charge in [-0.05, 0) is 75.3 Å². The van der Waals surface area contributed by atoms with Gasteiger partial charge in [0.05, 0.1) is 0 Å². The van der Waals surface area contributed by atoms with Crippen molar-refractivity contribution in [3.63, 3.8) is 0 Å². The molecule has 2 aromatic rings. The van der Waals surface area contributed by atoms with Gasteiger partial charge >= 0.3 is 6.18 Å². The molecule has 1 heterocycles. The van der Waals surface area contributed by atoms with Crippen LogP contribution in [0.4, 0.5) is 13.2 Å². The first-order valence-corrected chi connectivity index (χ1v) is 10.8. The molecule has 0 aliphatic heterocycles. The molecule has 4 nitrogen and oxygen atoms in total. The second-order valence-corrected chi connectivity index (χ2v) is 8.85. The molecule has 1 amide bonds. The predicted molar refractivity (Wildman–Crippen MR) is 110 cm³/mol. The summed E-state index contributed by atoms with van der Waals surface area (Å²) in [6.45, 7) is 0.723. The standard InChI is InChI=1S/C24H27F3N2O2/c1-23(31,24(25,26)27)18-9-5-17(6-10-18)22(30)29(20-13-14-20)19-11-7-16(8-12-19)21-4-2-3-15-28-21/h2-6,9-10,15-16,19-20,31H,7-8,11-14H2,1H3/t16-,19+,23-/m0/s1. The fourth-order valence-electron chi connectivity index (χ4n) is 4.50. The van der Waals surface area contributed by atoms with Gasteiger partial charge in [0, 0.05) is 35.5 Å². The first kappa shape index (κ1) is 21.8. The van der Waals surface area contributed by atoms with Crippen LogP contribution >= 0.6 is 0 Å². The zero-order valence-corrected chi connectivity index (χ0v) is 17.5. The van der Waals surface area contributed by atoms with Gasteiger partial charge in [-0.1, -0.05) is 18.2 Å². The molecule has 0 saturated heterocycles. The third kappa shape index (κ3) is 4.47. The molecule has 1 aromatic heterocycles. The SMILES string of the molecule is C[C@](O)(c1ccc(C(=O)N(C2CC2)[C@H]2CC[C@@H](c3ccccn3)CC2)cc1)C(F)(F)F. The van der Waals surface area contributed by atoms with Crippen molar-refractivity contribution in [3.05, 3.63) is 65.5 Å². The Bertz CT molecular complexity index is 901. The first-order valence-electron chi connectivity index (χ1n) is 10.8. The van der Waals surface area contributed by atoms with Crippen molar-refractivity contribution in [3.8, 4) is 0 Å². The molecule has 1 N–H and O–H groups in total. The fourth-order valence-corrected chi connectivity index (χ4v) is 4.50. The molecule has 1 aromatic carbocycles. The summed E-state index contributed by atoms with van der Waals surface area (Å²) in [5.41, 5.74) is -1.77. The minimum absolute atomic E-state index is 0.137. The number of nitrogens with zero attached hydrogens (tertiary/aromatic N) is 2. The van der Waals surface area contributed by atoms with Crippen molar-refractivity contribution in [2.24, 2.45) is 0 Å². The summed E-state index contributed by atoms with van der Waals surface area (Å²) in [4.78, 5) is 19.7. The van der Waals surface area contributed by atoms with E-state index < -0.39 is 11.8 Å². The van der Waals surface area contributed by atoms with Crippen LogP contribution in [-0.2, 0) is 5.60 Å². The van der Waals surface area contributed by atoms with E-state index >= 15 is 0 Å². The number of aliphatic hydroxyl groups is 1. The highest BCUT2D eigenvalue weighted by atomic mass is 19.4. The highest BCUT2D eigenvalue weighted by Gasteiger charge is 2.51. The van der Waals surface area contributed by atoms with E-state index in [0.29, 0.717) is 11.5 Å². The Morgan fingerprint density at radius 1 is 0.968 bits per heavy atom. The number of carbonyl (C=O) groups is 1. The van der Waals surface area contributed by atoms with Gasteiger partial charge in [-0.15, -0.1) is 0 Å². The normalized spacial score (nSPS) is 23.8. The van der Waals surface area contributed by atoms with E-state index in [-0.39, 0.29) is 23.6 Å². The average Bonchev–Trinajstić information content (AvgIpc) is 3.59. The van der Waals surface area contributed by atoms with E-state index in [1.807, 2.05) is 23.1 Å². The largest absolute Gasteiger partial charge is 0.421 e. The number of hydrogen-bond acceptors (Lipinski definition) is 3. The maximum Gasteiger partial charge on any atom is 0.421 e. The lowest BCUT2D eigenvalue weighted by molar-refractivity contribution is -0.258. The molecule has 0 radical (unpaired) electrons. The van der Waals surface area contributed by atoms with Crippen molar-refractivity contribution in [1.82, 2.24) is 9.88 Å². The van der Waals surface area contributed by atoms with Crippen molar-refractivity contribution < 1.29 is 23.1 Å². The maximum atomic E-state index is 13.3. The molecular weight excluding hydrogens is 405 g/mol. The Kier molecular flexibility index (Phi) is 5.81. The molecule has 2 aliphatic rings. The molecule has 7 heteroatoms. The number of pyridine rings is 1. The molecular formula is C24H27F3N2O2. The smallest absolute Gasteiger partial charge is 0.376 e. The molecule has 1 atom stereocenters. The van der Waals surface area contributed by atoms with Gasteiger partial charge in [0.15, 0.2) is 5.60 Å². The van der Waals surface area contributed by atoms with E-state index in [9.17, 15) is 23.1 Å². The van der Waals surface area contributed by atoms with Crippen LogP contribution in [0.1, 0.15) is 73.0 Å². The lowest BCUT2D eigenvalue weighted by Gasteiger charge is -2.37. The molecule has 4 rings (SSSR count). The summed E-state index contributed by atoms with van der Waals surface area (Å²) >= 11 is 0. The van der Waals surface area contributed by atoms with Crippen LogP contribution in [0.2, 0.25) is 0 Å². The number of benzene rings is 1. The minimum atomic E-state index is -4.79. The van der Waals surface area contributed by atoms with Crippen LogP contribution < -0.4 is 0 Å². The van der Waals surface area contributed by atoms with Crippen LogP contribution in [-0.4, -0.2) is 39.2 Å². The third-order valence-corrected chi connectivity index (χ3v) is 6.62. The van der Waals surface area contributed by atoms with E-state index in [1.54, 1.807) is 6.20 Å². The van der Waals surface area contributed by atoms with Crippen LogP contribution in [0.3, 0.4) is 0 Å². The van der Waals surface area contributed by atoms with Gasteiger partial charge in [-0.2, -0.15) is 13.2 Å². The Morgan fingerprint density at radius 3 is 2.03 bits per heavy atom. The molecule has 0 unspecified atom stereocenters. The fraction of sp³-hybridized carbons (Fsp3) is 0.500. The molecule has 2 saturated carbocycles. The molecule has 2 fully saturated rings. The quantitative estimate of drug-likeness (QED) is 0.708. The van der Waals surface area contributed by atoms with Crippen molar-refractivity contribution in [2.45, 2.75) is 75.2 Å². The highest BCUT2D eigenvalue weighted by Crippen LogP contribution is 2.40. The van der Waals surface area contributed by atoms with Gasteiger partial charge in [0.25, 0.3) is 5.91 Å². The van der Waals surface area contributed by atoms with Crippen LogP contribution in [0, 0.1) is 0 Å².